The summed E-state index contributed by atoms with van der Waals surface area (Å²) in [4.78, 5) is 0. The molecule has 0 aliphatic rings. The second kappa shape index (κ2) is 5.44. The molecule has 0 aliphatic heterocycles. The van der Waals surface area contributed by atoms with Crippen LogP contribution in [0, 0.1) is 17.5 Å². The lowest BCUT2D eigenvalue weighted by Crippen LogP contribution is -1.87. The molecule has 0 saturated carbocycles. The zero-order valence-electron chi connectivity index (χ0n) is 11.0. The van der Waals surface area contributed by atoms with E-state index in [1.165, 1.54) is 42.5 Å². The molecule has 0 fully saturated rings. The lowest BCUT2D eigenvalue weighted by molar-refractivity contribution is 0.625. The lowest BCUT2D eigenvalue weighted by Gasteiger charge is -2.07. The molecule has 0 atom stereocenters. The number of hydrogen-bond donors (Lipinski definition) is 0. The molecule has 0 heterocycles. The zero-order valence-corrected chi connectivity index (χ0v) is 11.0. The van der Waals surface area contributed by atoms with Crippen LogP contribution in [-0.2, 0) is 0 Å². The second-order valence-corrected chi connectivity index (χ2v) is 4.71. The highest BCUT2D eigenvalue weighted by molar-refractivity contribution is 5.71. The van der Waals surface area contributed by atoms with Gasteiger partial charge in [0.05, 0.1) is 0 Å². The van der Waals surface area contributed by atoms with Crippen LogP contribution in [0.5, 0.6) is 0 Å². The number of hydrogen-bond acceptors (Lipinski definition) is 0. The summed E-state index contributed by atoms with van der Waals surface area (Å²) >= 11 is 0. The van der Waals surface area contributed by atoms with Crippen molar-refractivity contribution in [2.75, 3.05) is 0 Å². The van der Waals surface area contributed by atoms with Gasteiger partial charge >= 0.3 is 0 Å². The van der Waals surface area contributed by atoms with Gasteiger partial charge in [-0.15, -0.1) is 0 Å². The van der Waals surface area contributed by atoms with Crippen molar-refractivity contribution in [1.82, 2.24) is 0 Å². The molecule has 0 unspecified atom stereocenters. The fourth-order valence-electron chi connectivity index (χ4n) is 2.23. The molecule has 0 nitrogen and oxygen atoms in total. The van der Waals surface area contributed by atoms with E-state index < -0.39 is 5.82 Å². The summed E-state index contributed by atoms with van der Waals surface area (Å²) in [5.74, 6) is -1.16. The molecule has 0 bridgehead atoms. The smallest absolute Gasteiger partial charge is 0.131 e. The van der Waals surface area contributed by atoms with E-state index in [2.05, 4.69) is 0 Å². The van der Waals surface area contributed by atoms with Crippen LogP contribution in [0.15, 0.2) is 66.7 Å². The highest BCUT2D eigenvalue weighted by Gasteiger charge is 2.08. The number of halogens is 3. The van der Waals surface area contributed by atoms with Gasteiger partial charge < -0.3 is 0 Å². The number of benzene rings is 3. The van der Waals surface area contributed by atoms with Crippen molar-refractivity contribution < 1.29 is 13.2 Å². The zero-order chi connectivity index (χ0) is 14.8. The van der Waals surface area contributed by atoms with E-state index in [-0.39, 0.29) is 11.6 Å². The van der Waals surface area contributed by atoms with Crippen molar-refractivity contribution >= 4 is 0 Å². The van der Waals surface area contributed by atoms with Gasteiger partial charge in [-0.1, -0.05) is 36.4 Å². The summed E-state index contributed by atoms with van der Waals surface area (Å²) in [6.07, 6.45) is 0. The molecule has 104 valence electrons. The van der Waals surface area contributed by atoms with Crippen molar-refractivity contribution in [2.45, 2.75) is 0 Å². The van der Waals surface area contributed by atoms with Crippen LogP contribution in [0.1, 0.15) is 0 Å². The van der Waals surface area contributed by atoms with E-state index in [0.717, 1.165) is 0 Å². The Labute approximate surface area is 120 Å². The summed E-state index contributed by atoms with van der Waals surface area (Å²) in [5.41, 5.74) is 2.19. The molecule has 0 radical (unpaired) electrons. The van der Waals surface area contributed by atoms with Gasteiger partial charge in [0.1, 0.15) is 17.5 Å². The van der Waals surface area contributed by atoms with Crippen molar-refractivity contribution in [3.63, 3.8) is 0 Å². The summed E-state index contributed by atoms with van der Waals surface area (Å²) < 4.78 is 40.3. The Morgan fingerprint density at radius 3 is 1.86 bits per heavy atom. The molecule has 0 spiro atoms. The lowest BCUT2D eigenvalue weighted by atomic mass is 9.99. The highest BCUT2D eigenvalue weighted by atomic mass is 19.1. The van der Waals surface area contributed by atoms with Crippen molar-refractivity contribution in [3.8, 4) is 22.3 Å². The predicted molar refractivity (Wildman–Crippen MR) is 77.2 cm³/mol. The van der Waals surface area contributed by atoms with Gasteiger partial charge in [0.25, 0.3) is 0 Å². The molecule has 0 N–H and O–H groups in total. The van der Waals surface area contributed by atoms with E-state index in [0.29, 0.717) is 22.3 Å². The Morgan fingerprint density at radius 1 is 0.524 bits per heavy atom. The van der Waals surface area contributed by atoms with Crippen LogP contribution in [0.25, 0.3) is 22.3 Å². The van der Waals surface area contributed by atoms with Gasteiger partial charge in [-0.3, -0.25) is 0 Å². The van der Waals surface area contributed by atoms with Crippen LogP contribution in [0.3, 0.4) is 0 Å². The average Bonchev–Trinajstić information content (AvgIpc) is 2.48. The maximum absolute atomic E-state index is 14.2. The summed E-state index contributed by atoms with van der Waals surface area (Å²) in [6.45, 7) is 0. The Kier molecular flexibility index (Phi) is 3.48. The molecule has 0 amide bonds. The van der Waals surface area contributed by atoms with Gasteiger partial charge in [0, 0.05) is 5.56 Å². The third kappa shape index (κ3) is 2.82. The van der Waals surface area contributed by atoms with Gasteiger partial charge in [-0.2, -0.15) is 0 Å². The SMILES string of the molecule is Fc1ccc(-c2ccc(-c3cccc(F)c3)cc2F)cc1. The molecular formula is C18H11F3. The minimum atomic E-state index is -0.427. The largest absolute Gasteiger partial charge is 0.207 e. The van der Waals surface area contributed by atoms with E-state index >= 15 is 0 Å². The van der Waals surface area contributed by atoms with Gasteiger partial charge in [0.15, 0.2) is 0 Å². The first kappa shape index (κ1) is 13.4. The third-order valence-electron chi connectivity index (χ3n) is 3.28. The van der Waals surface area contributed by atoms with Crippen LogP contribution in [0.4, 0.5) is 13.2 Å². The standard InChI is InChI=1S/C18H11F3/c19-15-7-4-12(5-8-15)17-9-6-14(11-18(17)21)13-2-1-3-16(20)10-13/h1-11H. The Hall–Kier alpha value is -2.55. The molecule has 3 rings (SSSR count). The monoisotopic (exact) mass is 284 g/mol. The quantitative estimate of drug-likeness (QED) is 0.588. The fraction of sp³-hybridized carbons (Fsp3) is 0. The van der Waals surface area contributed by atoms with Gasteiger partial charge in [0.2, 0.25) is 0 Å². The molecular weight excluding hydrogens is 273 g/mol. The molecule has 0 saturated heterocycles. The van der Waals surface area contributed by atoms with Gasteiger partial charge in [-0.05, 0) is 47.0 Å². The highest BCUT2D eigenvalue weighted by Crippen LogP contribution is 2.28. The Balaban J connectivity index is 2.02. The maximum atomic E-state index is 14.2. The first-order chi connectivity index (χ1) is 10.1. The Morgan fingerprint density at radius 2 is 1.19 bits per heavy atom. The first-order valence-corrected chi connectivity index (χ1v) is 6.45. The summed E-state index contributed by atoms with van der Waals surface area (Å²) in [5, 5.41) is 0. The van der Waals surface area contributed by atoms with E-state index in [1.54, 1.807) is 24.3 Å². The minimum absolute atomic E-state index is 0.365. The molecule has 21 heavy (non-hydrogen) atoms. The second-order valence-electron chi connectivity index (χ2n) is 4.71. The van der Waals surface area contributed by atoms with Crippen LogP contribution >= 0.6 is 0 Å². The van der Waals surface area contributed by atoms with Crippen LogP contribution in [-0.4, -0.2) is 0 Å². The summed E-state index contributed by atoms with van der Waals surface area (Å²) in [6, 6.07) is 16.3. The fourth-order valence-corrected chi connectivity index (χ4v) is 2.23. The normalized spacial score (nSPS) is 10.6. The summed E-state index contributed by atoms with van der Waals surface area (Å²) in [7, 11) is 0. The molecule has 0 aromatic heterocycles. The van der Waals surface area contributed by atoms with Crippen molar-refractivity contribution in [2.24, 2.45) is 0 Å². The van der Waals surface area contributed by atoms with E-state index in [1.807, 2.05) is 0 Å². The topological polar surface area (TPSA) is 0 Å². The molecule has 0 aliphatic carbocycles. The Bertz CT molecular complexity index is 777. The van der Waals surface area contributed by atoms with Crippen LogP contribution < -0.4 is 0 Å². The van der Waals surface area contributed by atoms with Crippen LogP contribution in [0.2, 0.25) is 0 Å². The van der Waals surface area contributed by atoms with E-state index in [4.69, 9.17) is 0 Å². The third-order valence-corrected chi connectivity index (χ3v) is 3.28. The van der Waals surface area contributed by atoms with E-state index in [9.17, 15) is 13.2 Å². The van der Waals surface area contributed by atoms with Crippen molar-refractivity contribution in [3.05, 3.63) is 84.2 Å². The predicted octanol–water partition coefficient (Wildman–Crippen LogP) is 5.44. The minimum Gasteiger partial charge on any atom is -0.207 e. The maximum Gasteiger partial charge on any atom is 0.131 e. The average molecular weight is 284 g/mol. The number of rotatable bonds is 2. The van der Waals surface area contributed by atoms with Crippen molar-refractivity contribution in [1.29, 1.82) is 0 Å². The molecule has 3 aromatic carbocycles. The molecule has 3 aromatic rings. The molecule has 3 heteroatoms. The van der Waals surface area contributed by atoms with Gasteiger partial charge in [-0.25, -0.2) is 13.2 Å². The first-order valence-electron chi connectivity index (χ1n) is 6.45.